The van der Waals surface area contributed by atoms with Gasteiger partial charge < -0.3 is 5.32 Å². The van der Waals surface area contributed by atoms with Crippen molar-refractivity contribution in [2.24, 2.45) is 5.92 Å². The van der Waals surface area contributed by atoms with E-state index in [1.165, 1.54) is 12.1 Å². The van der Waals surface area contributed by atoms with Crippen molar-refractivity contribution in [2.75, 3.05) is 6.54 Å². The number of amides is 2. The number of hydrogen-bond donors (Lipinski definition) is 2. The lowest BCUT2D eigenvalue weighted by atomic mass is 9.87. The number of benzene rings is 1. The lowest BCUT2D eigenvalue weighted by Gasteiger charge is -2.19. The molecule has 118 valence electrons. The average Bonchev–Trinajstić information content (AvgIpc) is 2.35. The van der Waals surface area contributed by atoms with Crippen molar-refractivity contribution in [3.8, 4) is 0 Å². The molecule has 0 aliphatic rings. The summed E-state index contributed by atoms with van der Waals surface area (Å²) < 4.78 is 26.2. The van der Waals surface area contributed by atoms with E-state index in [9.17, 15) is 13.2 Å². The lowest BCUT2D eigenvalue weighted by Crippen LogP contribution is -2.40. The fraction of sp³-hybridized carbons (Fsp3) is 0.533. The number of rotatable bonds is 4. The van der Waals surface area contributed by atoms with E-state index in [2.05, 4.69) is 5.32 Å². The Morgan fingerprint density at radius 2 is 1.67 bits per heavy atom. The molecule has 2 amide bonds. The smallest absolute Gasteiger partial charge is 0.328 e. The van der Waals surface area contributed by atoms with E-state index >= 15 is 0 Å². The minimum Gasteiger partial charge on any atom is -0.337 e. The molecule has 1 aromatic rings. The molecule has 0 fully saturated rings. The van der Waals surface area contributed by atoms with E-state index in [4.69, 9.17) is 0 Å². The van der Waals surface area contributed by atoms with Gasteiger partial charge in [0.25, 0.3) is 10.0 Å². The highest BCUT2D eigenvalue weighted by atomic mass is 32.2. The zero-order valence-electron chi connectivity index (χ0n) is 13.2. The van der Waals surface area contributed by atoms with Crippen LogP contribution < -0.4 is 10.0 Å². The summed E-state index contributed by atoms with van der Waals surface area (Å²) in [5.41, 5.74) is 0.982. The van der Waals surface area contributed by atoms with Gasteiger partial charge in [-0.2, -0.15) is 0 Å². The Morgan fingerprint density at radius 1 is 1.14 bits per heavy atom. The summed E-state index contributed by atoms with van der Waals surface area (Å²) in [6.45, 7) is 10.4. The summed E-state index contributed by atoms with van der Waals surface area (Å²) in [5, 5.41) is 2.51. The first kappa shape index (κ1) is 17.5. The van der Waals surface area contributed by atoms with Crippen LogP contribution in [0, 0.1) is 5.92 Å². The van der Waals surface area contributed by atoms with Crippen LogP contribution in [0.1, 0.15) is 40.2 Å². The van der Waals surface area contributed by atoms with E-state index in [1.54, 1.807) is 12.1 Å². The number of urea groups is 1. The molecule has 0 radical (unpaired) electrons. The third-order valence-electron chi connectivity index (χ3n) is 2.93. The zero-order valence-corrected chi connectivity index (χ0v) is 14.0. The van der Waals surface area contributed by atoms with Crippen LogP contribution in [0.3, 0.4) is 0 Å². The van der Waals surface area contributed by atoms with Gasteiger partial charge in [0.1, 0.15) is 0 Å². The Bertz CT molecular complexity index is 584. The van der Waals surface area contributed by atoms with Gasteiger partial charge in [0.15, 0.2) is 0 Å². The van der Waals surface area contributed by atoms with E-state index in [-0.39, 0.29) is 16.2 Å². The van der Waals surface area contributed by atoms with Crippen LogP contribution in [0.4, 0.5) is 4.79 Å². The normalized spacial score (nSPS) is 12.3. The van der Waals surface area contributed by atoms with Gasteiger partial charge in [-0.1, -0.05) is 46.8 Å². The second kappa shape index (κ2) is 6.47. The number of carbonyl (C=O) groups is 1. The summed E-state index contributed by atoms with van der Waals surface area (Å²) in [6, 6.07) is 5.85. The topological polar surface area (TPSA) is 75.3 Å². The summed E-state index contributed by atoms with van der Waals surface area (Å²) in [6.07, 6.45) is 0. The Labute approximate surface area is 127 Å². The first-order valence-corrected chi connectivity index (χ1v) is 8.42. The largest absolute Gasteiger partial charge is 0.337 e. The van der Waals surface area contributed by atoms with Gasteiger partial charge in [0.05, 0.1) is 4.90 Å². The van der Waals surface area contributed by atoms with Crippen molar-refractivity contribution in [3.05, 3.63) is 29.8 Å². The maximum atomic E-state index is 12.1. The molecule has 0 unspecified atom stereocenters. The maximum Gasteiger partial charge on any atom is 0.328 e. The minimum absolute atomic E-state index is 0.0512. The van der Waals surface area contributed by atoms with Crippen LogP contribution in [0.2, 0.25) is 0 Å². The molecule has 1 aromatic carbocycles. The van der Waals surface area contributed by atoms with Crippen LogP contribution in [0.15, 0.2) is 29.2 Å². The van der Waals surface area contributed by atoms with E-state index in [0.717, 1.165) is 5.56 Å². The SMILES string of the molecule is CC(C)CNC(=O)NS(=O)(=O)c1ccc(C(C)(C)C)cc1. The molecule has 21 heavy (non-hydrogen) atoms. The highest BCUT2D eigenvalue weighted by molar-refractivity contribution is 7.90. The zero-order chi connectivity index (χ0) is 16.3. The third-order valence-corrected chi connectivity index (χ3v) is 4.28. The number of hydrogen-bond acceptors (Lipinski definition) is 3. The van der Waals surface area contributed by atoms with Gasteiger partial charge in [-0.25, -0.2) is 17.9 Å². The first-order chi connectivity index (χ1) is 9.52. The predicted molar refractivity (Wildman–Crippen MR) is 83.7 cm³/mol. The van der Waals surface area contributed by atoms with Crippen molar-refractivity contribution in [3.63, 3.8) is 0 Å². The molecule has 6 heteroatoms. The third kappa shape index (κ3) is 5.38. The van der Waals surface area contributed by atoms with Crippen LogP contribution >= 0.6 is 0 Å². The molecule has 0 bridgehead atoms. The first-order valence-electron chi connectivity index (χ1n) is 6.93. The molecule has 0 atom stereocenters. The van der Waals surface area contributed by atoms with Gasteiger partial charge in [0.2, 0.25) is 0 Å². The molecule has 1 rings (SSSR count). The molecule has 0 saturated carbocycles. The van der Waals surface area contributed by atoms with Crippen LogP contribution in [0.25, 0.3) is 0 Å². The Kier molecular flexibility index (Phi) is 5.39. The van der Waals surface area contributed by atoms with Crippen molar-refractivity contribution in [1.29, 1.82) is 0 Å². The van der Waals surface area contributed by atoms with Crippen LogP contribution in [-0.4, -0.2) is 21.0 Å². The lowest BCUT2D eigenvalue weighted by molar-refractivity contribution is 0.244. The molecule has 0 heterocycles. The van der Waals surface area contributed by atoms with Crippen molar-refractivity contribution in [1.82, 2.24) is 10.0 Å². The summed E-state index contributed by atoms with van der Waals surface area (Å²) >= 11 is 0. The fourth-order valence-electron chi connectivity index (χ4n) is 1.65. The highest BCUT2D eigenvalue weighted by Gasteiger charge is 2.19. The van der Waals surface area contributed by atoms with Crippen LogP contribution in [0.5, 0.6) is 0 Å². The molecule has 0 aliphatic carbocycles. The van der Waals surface area contributed by atoms with Gasteiger partial charge in [-0.15, -0.1) is 0 Å². The van der Waals surface area contributed by atoms with Crippen molar-refractivity contribution in [2.45, 2.75) is 44.9 Å². The second-order valence-electron chi connectivity index (χ2n) is 6.48. The molecule has 0 aliphatic heterocycles. The summed E-state index contributed by atoms with van der Waals surface area (Å²) in [4.78, 5) is 11.6. The molecular formula is C15H24N2O3S. The molecule has 0 saturated heterocycles. The average molecular weight is 312 g/mol. The van der Waals surface area contributed by atoms with E-state index in [0.29, 0.717) is 6.54 Å². The summed E-state index contributed by atoms with van der Waals surface area (Å²) in [5.74, 6) is 0.254. The molecule has 0 aromatic heterocycles. The van der Waals surface area contributed by atoms with E-state index < -0.39 is 16.1 Å². The van der Waals surface area contributed by atoms with Gasteiger partial charge in [-0.3, -0.25) is 0 Å². The second-order valence-corrected chi connectivity index (χ2v) is 8.17. The Balaban J connectivity index is 2.81. The quantitative estimate of drug-likeness (QED) is 0.897. The molecule has 2 N–H and O–H groups in total. The number of nitrogens with one attached hydrogen (secondary N) is 2. The fourth-order valence-corrected chi connectivity index (χ4v) is 2.58. The standard InChI is InChI=1S/C15H24N2O3S/c1-11(2)10-16-14(18)17-21(19,20)13-8-6-12(7-9-13)15(3,4)5/h6-9,11H,10H2,1-5H3,(H2,16,17,18). The van der Waals surface area contributed by atoms with Crippen molar-refractivity contribution < 1.29 is 13.2 Å². The highest BCUT2D eigenvalue weighted by Crippen LogP contribution is 2.23. The monoisotopic (exact) mass is 312 g/mol. The molecular weight excluding hydrogens is 288 g/mol. The summed E-state index contributed by atoms with van der Waals surface area (Å²) in [7, 11) is -3.83. The Hall–Kier alpha value is -1.56. The predicted octanol–water partition coefficient (Wildman–Crippen LogP) is 2.63. The maximum absolute atomic E-state index is 12.1. The van der Waals surface area contributed by atoms with Gasteiger partial charge >= 0.3 is 6.03 Å². The minimum atomic E-state index is -3.83. The number of carbonyl (C=O) groups excluding carboxylic acids is 1. The molecule has 5 nitrogen and oxygen atoms in total. The molecule has 0 spiro atoms. The van der Waals surface area contributed by atoms with Gasteiger partial charge in [-0.05, 0) is 29.0 Å². The number of sulfonamides is 1. The Morgan fingerprint density at radius 3 is 2.10 bits per heavy atom. The van der Waals surface area contributed by atoms with Gasteiger partial charge in [0, 0.05) is 6.54 Å². The van der Waals surface area contributed by atoms with Crippen LogP contribution in [-0.2, 0) is 15.4 Å². The van der Waals surface area contributed by atoms with E-state index in [1.807, 2.05) is 39.3 Å². The van der Waals surface area contributed by atoms with Crippen molar-refractivity contribution >= 4 is 16.1 Å².